The summed E-state index contributed by atoms with van der Waals surface area (Å²) in [5.74, 6) is -1.31. The maximum atomic E-state index is 11.6. The molecule has 0 fully saturated rings. The zero-order valence-electron chi connectivity index (χ0n) is 50.3. The van der Waals surface area contributed by atoms with Crippen LogP contribution in [-0.2, 0) is 9.59 Å². The number of hydrogen-bond donors (Lipinski definition) is 2. The van der Waals surface area contributed by atoms with Crippen LogP contribution in [0.2, 0.25) is 0 Å². The summed E-state index contributed by atoms with van der Waals surface area (Å²) >= 11 is 0. The fourth-order valence-corrected chi connectivity index (χ4v) is 11.1. The van der Waals surface area contributed by atoms with E-state index in [0.717, 1.165) is 51.4 Å². The van der Waals surface area contributed by atoms with E-state index in [-0.39, 0.29) is 11.8 Å². The fourth-order valence-electron chi connectivity index (χ4n) is 11.1. The molecule has 4 heteroatoms. The third kappa shape index (κ3) is 63.2. The van der Waals surface area contributed by atoms with Crippen molar-refractivity contribution in [2.24, 2.45) is 11.8 Å². The molecule has 0 amide bonds. The van der Waals surface area contributed by atoms with Crippen LogP contribution in [0.25, 0.3) is 0 Å². The molecule has 2 N–H and O–H groups in total. The van der Waals surface area contributed by atoms with Gasteiger partial charge in [0.2, 0.25) is 0 Å². The fraction of sp³-hybridized carbons (Fsp3) is 0.971. The molecule has 0 saturated heterocycles. The van der Waals surface area contributed by atoms with Gasteiger partial charge in [-0.2, -0.15) is 0 Å². The smallest absolute Gasteiger partial charge is 0.306 e. The van der Waals surface area contributed by atoms with Gasteiger partial charge in [-0.05, 0) is 25.7 Å². The van der Waals surface area contributed by atoms with Crippen molar-refractivity contribution in [2.75, 3.05) is 0 Å². The average Bonchev–Trinajstić information content (AvgIpc) is 3.37. The molecule has 0 aromatic heterocycles. The van der Waals surface area contributed by atoms with E-state index in [1.807, 2.05) is 0 Å². The van der Waals surface area contributed by atoms with E-state index < -0.39 is 11.9 Å². The van der Waals surface area contributed by atoms with Gasteiger partial charge in [0.05, 0.1) is 11.8 Å². The second-order valence-electron chi connectivity index (χ2n) is 23.6. The maximum Gasteiger partial charge on any atom is 0.306 e. The molecule has 0 spiro atoms. The van der Waals surface area contributed by atoms with Crippen molar-refractivity contribution in [3.05, 3.63) is 0 Å². The summed E-state index contributed by atoms with van der Waals surface area (Å²) < 4.78 is 0. The molecule has 0 aliphatic carbocycles. The zero-order valence-corrected chi connectivity index (χ0v) is 50.3. The molecule has 0 bridgehead atoms. The Kier molecular flexibility index (Phi) is 67.0. The third-order valence-electron chi connectivity index (χ3n) is 16.3. The summed E-state index contributed by atoms with van der Waals surface area (Å²) in [7, 11) is 0. The Labute approximate surface area is 454 Å². The van der Waals surface area contributed by atoms with Gasteiger partial charge < -0.3 is 10.2 Å². The Morgan fingerprint density at radius 1 is 0.194 bits per heavy atom. The topological polar surface area (TPSA) is 74.6 Å². The maximum absolute atomic E-state index is 11.6. The number of rotatable bonds is 62. The van der Waals surface area contributed by atoms with Crippen LogP contribution in [0.15, 0.2) is 0 Å². The molecular weight excluding hydrogens is 881 g/mol. The molecule has 72 heavy (non-hydrogen) atoms. The second kappa shape index (κ2) is 66.1. The average molecular weight is 1020 g/mol. The SMILES string of the molecule is CCCCCCCCCCCCCCCCC(CCCCCCCCCCCCCC)C(=O)O.CCCCCCCCCCCCCCCCCCCCC(CCCCCCCCCCCCCC)C(=O)O. The summed E-state index contributed by atoms with van der Waals surface area (Å²) in [6.45, 7) is 9.13. The van der Waals surface area contributed by atoms with Gasteiger partial charge in [0, 0.05) is 0 Å². The molecule has 0 radical (unpaired) electrons. The molecule has 0 aliphatic heterocycles. The van der Waals surface area contributed by atoms with Crippen molar-refractivity contribution in [1.82, 2.24) is 0 Å². The van der Waals surface area contributed by atoms with Crippen molar-refractivity contribution >= 4 is 11.9 Å². The van der Waals surface area contributed by atoms with Gasteiger partial charge in [-0.1, -0.05) is 387 Å². The summed E-state index contributed by atoms with van der Waals surface area (Å²) in [5, 5.41) is 19.1. The molecule has 432 valence electrons. The van der Waals surface area contributed by atoms with Crippen molar-refractivity contribution in [3.63, 3.8) is 0 Å². The predicted octanol–water partition coefficient (Wildman–Crippen LogP) is 24.9. The number of unbranched alkanes of at least 4 members (excludes halogenated alkanes) is 52. The summed E-state index contributed by atoms with van der Waals surface area (Å²) in [5.41, 5.74) is 0. The minimum atomic E-state index is -0.558. The lowest BCUT2D eigenvalue weighted by atomic mass is 9.94. The van der Waals surface area contributed by atoms with Crippen molar-refractivity contribution in [1.29, 1.82) is 0 Å². The van der Waals surface area contributed by atoms with Crippen molar-refractivity contribution in [3.8, 4) is 0 Å². The quantitative estimate of drug-likeness (QED) is 0.0596. The normalized spacial score (nSPS) is 12.3. The first-order chi connectivity index (χ1) is 35.4. The van der Waals surface area contributed by atoms with Crippen LogP contribution in [0, 0.1) is 11.8 Å². The number of carbonyl (C=O) groups is 2. The molecular formula is C68H136O4. The molecule has 2 unspecified atom stereocenters. The molecule has 0 aliphatic rings. The minimum absolute atomic E-state index is 0.0968. The number of carboxylic acids is 2. The Morgan fingerprint density at radius 2 is 0.292 bits per heavy atom. The van der Waals surface area contributed by atoms with E-state index in [1.165, 1.54) is 334 Å². The van der Waals surface area contributed by atoms with Gasteiger partial charge >= 0.3 is 11.9 Å². The lowest BCUT2D eigenvalue weighted by molar-refractivity contribution is -0.143. The van der Waals surface area contributed by atoms with Crippen LogP contribution in [0.5, 0.6) is 0 Å². The minimum Gasteiger partial charge on any atom is -0.481 e. The van der Waals surface area contributed by atoms with Crippen LogP contribution in [0.3, 0.4) is 0 Å². The van der Waals surface area contributed by atoms with E-state index in [0.29, 0.717) is 0 Å². The Hall–Kier alpha value is -1.06. The lowest BCUT2D eigenvalue weighted by Crippen LogP contribution is -2.13. The highest BCUT2D eigenvalue weighted by molar-refractivity contribution is 5.70. The second-order valence-corrected chi connectivity index (χ2v) is 23.6. The highest BCUT2D eigenvalue weighted by atomic mass is 16.4. The molecule has 0 heterocycles. The monoisotopic (exact) mass is 1020 g/mol. The molecule has 2 atom stereocenters. The van der Waals surface area contributed by atoms with Crippen LogP contribution < -0.4 is 0 Å². The predicted molar refractivity (Wildman–Crippen MR) is 322 cm³/mol. The molecule has 4 nitrogen and oxygen atoms in total. The highest BCUT2D eigenvalue weighted by Crippen LogP contribution is 2.23. The van der Waals surface area contributed by atoms with E-state index in [1.54, 1.807) is 0 Å². The van der Waals surface area contributed by atoms with Gasteiger partial charge in [0.1, 0.15) is 0 Å². The van der Waals surface area contributed by atoms with E-state index in [4.69, 9.17) is 0 Å². The molecule has 0 saturated carbocycles. The van der Waals surface area contributed by atoms with Crippen LogP contribution >= 0.6 is 0 Å². The first kappa shape index (κ1) is 73.0. The Bertz CT molecular complexity index is 995. The number of aliphatic carboxylic acids is 2. The third-order valence-corrected chi connectivity index (χ3v) is 16.3. The first-order valence-corrected chi connectivity index (χ1v) is 33.9. The Balaban J connectivity index is 0. The lowest BCUT2D eigenvalue weighted by Gasteiger charge is -2.12. The van der Waals surface area contributed by atoms with E-state index in [9.17, 15) is 19.8 Å². The van der Waals surface area contributed by atoms with Crippen LogP contribution in [0.4, 0.5) is 0 Å². The summed E-state index contributed by atoms with van der Waals surface area (Å²) in [6.07, 6.45) is 79.8. The number of hydrogen-bond acceptors (Lipinski definition) is 2. The van der Waals surface area contributed by atoms with Crippen molar-refractivity contribution < 1.29 is 19.8 Å². The summed E-state index contributed by atoms with van der Waals surface area (Å²) in [6, 6.07) is 0. The van der Waals surface area contributed by atoms with E-state index >= 15 is 0 Å². The summed E-state index contributed by atoms with van der Waals surface area (Å²) in [4.78, 5) is 23.2. The largest absolute Gasteiger partial charge is 0.481 e. The Morgan fingerprint density at radius 3 is 0.389 bits per heavy atom. The molecule has 0 rings (SSSR count). The standard InChI is InChI=1S/C36H72O2.C32H64O2/c1-3-5-7-9-11-13-15-17-18-19-20-21-22-24-26-28-30-32-34-35(36(37)38)33-31-29-27-25-23-16-14-12-10-8-6-4-2;1-3-5-7-9-11-13-15-17-18-20-22-24-26-28-30-31(32(33)34)29-27-25-23-21-19-16-14-12-10-8-6-4-2/h35H,3-34H2,1-2H3,(H,37,38);31H,3-30H2,1-2H3,(H,33,34). The number of carboxylic acid groups (broad SMARTS) is 2. The molecule has 0 aromatic carbocycles. The highest BCUT2D eigenvalue weighted by Gasteiger charge is 2.17. The first-order valence-electron chi connectivity index (χ1n) is 33.9. The van der Waals surface area contributed by atoms with Gasteiger partial charge in [-0.25, -0.2) is 0 Å². The van der Waals surface area contributed by atoms with Gasteiger partial charge in [-0.15, -0.1) is 0 Å². The van der Waals surface area contributed by atoms with Crippen molar-refractivity contribution in [2.45, 2.75) is 413 Å². The van der Waals surface area contributed by atoms with Gasteiger partial charge in [0.15, 0.2) is 0 Å². The van der Waals surface area contributed by atoms with Crippen LogP contribution in [-0.4, -0.2) is 22.2 Å². The van der Waals surface area contributed by atoms with Crippen LogP contribution in [0.1, 0.15) is 413 Å². The van der Waals surface area contributed by atoms with Gasteiger partial charge in [0.25, 0.3) is 0 Å². The van der Waals surface area contributed by atoms with E-state index in [2.05, 4.69) is 27.7 Å². The zero-order chi connectivity index (χ0) is 52.7. The van der Waals surface area contributed by atoms with Gasteiger partial charge in [-0.3, -0.25) is 9.59 Å². The molecule has 0 aromatic rings.